The van der Waals surface area contributed by atoms with Crippen molar-refractivity contribution < 1.29 is 38.8 Å². The summed E-state index contributed by atoms with van der Waals surface area (Å²) in [6.45, 7) is 2.22. The highest BCUT2D eigenvalue weighted by Gasteiger charge is 2.38. The Bertz CT molecular complexity index is 1700. The standard InChI is InChI=1S/C38H40N2O8S/c1-24-32(23-49-33-11-7-6-10-30(33)35(42)43)47-37(48-34(24)28-16-14-27(22-41)15-17-28)29-18-12-26(13-19-29)21-39-38(45)40-31(36(44)46-2)20-25-8-4-3-5-9-25/h3-19,24,31-32,34,37,41H,20-23H2,1-2H3,(H,42,43)(H2,39,40,45). The molecule has 1 fully saturated rings. The number of carboxylic acids is 1. The number of aliphatic hydroxyl groups is 1. The molecular weight excluding hydrogens is 644 g/mol. The molecule has 0 bridgehead atoms. The van der Waals surface area contributed by atoms with Crippen molar-refractivity contribution in [1.82, 2.24) is 10.6 Å². The Balaban J connectivity index is 1.26. The van der Waals surface area contributed by atoms with Crippen molar-refractivity contribution >= 4 is 29.7 Å². The Morgan fingerprint density at radius 2 is 1.49 bits per heavy atom. The molecule has 4 aromatic rings. The Kier molecular flexibility index (Phi) is 12.4. The third kappa shape index (κ3) is 9.48. The van der Waals surface area contributed by atoms with Gasteiger partial charge in [0.25, 0.3) is 0 Å². The topological polar surface area (TPSA) is 143 Å². The minimum atomic E-state index is -0.980. The quantitative estimate of drug-likeness (QED) is 0.0979. The molecule has 10 nitrogen and oxygen atoms in total. The Morgan fingerprint density at radius 1 is 0.837 bits per heavy atom. The molecule has 0 radical (unpaired) electrons. The predicted octanol–water partition coefficient (Wildman–Crippen LogP) is 6.04. The van der Waals surface area contributed by atoms with Gasteiger partial charge in [0, 0.05) is 35.1 Å². The Labute approximate surface area is 289 Å². The number of carbonyl (C=O) groups is 3. The molecule has 49 heavy (non-hydrogen) atoms. The number of nitrogens with one attached hydrogen (secondary N) is 2. The zero-order valence-electron chi connectivity index (χ0n) is 27.3. The first-order valence-corrected chi connectivity index (χ1v) is 16.9. The molecule has 0 aliphatic carbocycles. The van der Waals surface area contributed by atoms with E-state index in [9.17, 15) is 24.6 Å². The lowest BCUT2D eigenvalue weighted by molar-refractivity contribution is -0.268. The summed E-state index contributed by atoms with van der Waals surface area (Å²) in [7, 11) is 1.29. The van der Waals surface area contributed by atoms with Crippen LogP contribution in [-0.4, -0.2) is 53.2 Å². The largest absolute Gasteiger partial charge is 0.478 e. The van der Waals surface area contributed by atoms with E-state index in [1.165, 1.54) is 18.9 Å². The van der Waals surface area contributed by atoms with Crippen LogP contribution >= 0.6 is 11.8 Å². The average Bonchev–Trinajstić information content (AvgIpc) is 3.13. The molecule has 5 atom stereocenters. The number of carboxylic acid groups (broad SMARTS) is 1. The summed E-state index contributed by atoms with van der Waals surface area (Å²) in [6, 6.07) is 30.1. The van der Waals surface area contributed by atoms with E-state index in [2.05, 4.69) is 17.6 Å². The lowest BCUT2D eigenvalue weighted by Gasteiger charge is -2.41. The smallest absolute Gasteiger partial charge is 0.336 e. The van der Waals surface area contributed by atoms with Crippen LogP contribution in [0.25, 0.3) is 0 Å². The van der Waals surface area contributed by atoms with Gasteiger partial charge in [-0.2, -0.15) is 0 Å². The van der Waals surface area contributed by atoms with E-state index >= 15 is 0 Å². The molecule has 0 aromatic heterocycles. The Hall–Kier alpha value is -4.68. The molecule has 5 unspecified atom stereocenters. The minimum absolute atomic E-state index is 0.0578. The summed E-state index contributed by atoms with van der Waals surface area (Å²) in [5.41, 5.74) is 4.50. The predicted molar refractivity (Wildman–Crippen MR) is 185 cm³/mol. The number of aliphatic hydroxyl groups excluding tert-OH is 1. The van der Waals surface area contributed by atoms with E-state index in [-0.39, 0.29) is 36.8 Å². The molecule has 1 aliphatic heterocycles. The van der Waals surface area contributed by atoms with E-state index in [0.717, 1.165) is 27.8 Å². The maximum absolute atomic E-state index is 12.7. The normalized spacial score (nSPS) is 19.4. The molecule has 1 saturated heterocycles. The van der Waals surface area contributed by atoms with Crippen molar-refractivity contribution in [3.05, 3.63) is 137 Å². The van der Waals surface area contributed by atoms with E-state index in [1.807, 2.05) is 84.9 Å². The van der Waals surface area contributed by atoms with Crippen molar-refractivity contribution in [2.75, 3.05) is 12.9 Å². The number of aromatic carboxylic acids is 1. The Morgan fingerprint density at radius 3 is 2.16 bits per heavy atom. The molecular formula is C38H40N2O8S. The third-order valence-corrected chi connectivity index (χ3v) is 9.58. The molecule has 11 heteroatoms. The fourth-order valence-corrected chi connectivity index (χ4v) is 6.83. The molecule has 256 valence electrons. The van der Waals surface area contributed by atoms with Gasteiger partial charge in [-0.15, -0.1) is 11.8 Å². The van der Waals surface area contributed by atoms with Gasteiger partial charge in [-0.1, -0.05) is 97.9 Å². The van der Waals surface area contributed by atoms with Gasteiger partial charge in [0.2, 0.25) is 0 Å². The number of rotatable bonds is 13. The number of amides is 2. The monoisotopic (exact) mass is 684 g/mol. The van der Waals surface area contributed by atoms with Crippen LogP contribution in [0.4, 0.5) is 4.79 Å². The molecule has 0 spiro atoms. The highest BCUT2D eigenvalue weighted by molar-refractivity contribution is 7.99. The number of esters is 1. The van der Waals surface area contributed by atoms with Crippen LogP contribution in [0.5, 0.6) is 0 Å². The molecule has 2 amide bonds. The van der Waals surface area contributed by atoms with Crippen LogP contribution < -0.4 is 10.6 Å². The number of hydrogen-bond acceptors (Lipinski definition) is 8. The van der Waals surface area contributed by atoms with E-state index in [4.69, 9.17) is 14.2 Å². The summed E-state index contributed by atoms with van der Waals surface area (Å²) in [5.74, 6) is -1.08. The molecule has 5 rings (SSSR count). The second-order valence-corrected chi connectivity index (χ2v) is 12.8. The van der Waals surface area contributed by atoms with Crippen LogP contribution in [0.15, 0.2) is 108 Å². The lowest BCUT2D eigenvalue weighted by Crippen LogP contribution is -2.47. The number of ether oxygens (including phenoxy) is 3. The summed E-state index contributed by atoms with van der Waals surface area (Å²) in [5, 5.41) is 24.7. The van der Waals surface area contributed by atoms with Crippen molar-refractivity contribution in [2.24, 2.45) is 5.92 Å². The van der Waals surface area contributed by atoms with Crippen LogP contribution in [0, 0.1) is 5.92 Å². The van der Waals surface area contributed by atoms with Crippen molar-refractivity contribution in [3.8, 4) is 0 Å². The number of carbonyl (C=O) groups excluding carboxylic acids is 2. The zero-order valence-corrected chi connectivity index (χ0v) is 28.1. The van der Waals surface area contributed by atoms with Gasteiger partial charge < -0.3 is 35.1 Å². The molecule has 4 N–H and O–H groups in total. The molecule has 1 heterocycles. The number of benzene rings is 4. The number of methoxy groups -OCH3 is 1. The zero-order chi connectivity index (χ0) is 34.8. The fraction of sp³-hybridized carbons (Fsp3) is 0.289. The summed E-state index contributed by atoms with van der Waals surface area (Å²) in [4.78, 5) is 37.5. The maximum Gasteiger partial charge on any atom is 0.336 e. The first kappa shape index (κ1) is 35.6. The van der Waals surface area contributed by atoms with Gasteiger partial charge >= 0.3 is 18.0 Å². The van der Waals surface area contributed by atoms with E-state index < -0.39 is 30.3 Å². The summed E-state index contributed by atoms with van der Waals surface area (Å²) < 4.78 is 17.9. The first-order chi connectivity index (χ1) is 23.7. The highest BCUT2D eigenvalue weighted by Crippen LogP contribution is 2.43. The van der Waals surface area contributed by atoms with E-state index in [1.54, 1.807) is 18.2 Å². The maximum atomic E-state index is 12.7. The highest BCUT2D eigenvalue weighted by atomic mass is 32.2. The second-order valence-electron chi connectivity index (χ2n) is 11.8. The van der Waals surface area contributed by atoms with Crippen LogP contribution in [0.2, 0.25) is 0 Å². The van der Waals surface area contributed by atoms with Gasteiger partial charge in [-0.3, -0.25) is 0 Å². The summed E-state index contributed by atoms with van der Waals surface area (Å²) >= 11 is 1.44. The SMILES string of the molecule is COC(=O)C(Cc1ccccc1)NC(=O)NCc1ccc(C2OC(CSc3ccccc3C(=O)O)C(C)C(c3ccc(CO)cc3)O2)cc1. The number of urea groups is 1. The summed E-state index contributed by atoms with van der Waals surface area (Å²) in [6.07, 6.45) is -1.01. The minimum Gasteiger partial charge on any atom is -0.478 e. The van der Waals surface area contributed by atoms with Gasteiger partial charge in [0.15, 0.2) is 6.29 Å². The average molecular weight is 685 g/mol. The van der Waals surface area contributed by atoms with Gasteiger partial charge in [-0.05, 0) is 34.4 Å². The third-order valence-electron chi connectivity index (χ3n) is 8.42. The first-order valence-electron chi connectivity index (χ1n) is 16.0. The fourth-order valence-electron chi connectivity index (χ4n) is 5.62. The second kappa shape index (κ2) is 17.1. The van der Waals surface area contributed by atoms with Gasteiger partial charge in [0.05, 0.1) is 31.5 Å². The molecule has 0 saturated carbocycles. The van der Waals surface area contributed by atoms with Crippen molar-refractivity contribution in [3.63, 3.8) is 0 Å². The van der Waals surface area contributed by atoms with Crippen LogP contribution in [-0.2, 0) is 38.6 Å². The van der Waals surface area contributed by atoms with Crippen LogP contribution in [0.3, 0.4) is 0 Å². The number of hydrogen-bond donors (Lipinski definition) is 4. The van der Waals surface area contributed by atoms with E-state index in [0.29, 0.717) is 17.1 Å². The lowest BCUT2D eigenvalue weighted by atomic mass is 9.91. The number of thioether (sulfide) groups is 1. The molecule has 1 aliphatic rings. The van der Waals surface area contributed by atoms with Crippen molar-refractivity contribution in [2.45, 2.75) is 55.9 Å². The van der Waals surface area contributed by atoms with Crippen LogP contribution in [0.1, 0.15) is 57.5 Å². The molecule has 4 aromatic carbocycles. The van der Waals surface area contributed by atoms with Crippen molar-refractivity contribution in [1.29, 1.82) is 0 Å². The van der Waals surface area contributed by atoms with Gasteiger partial charge in [-0.25, -0.2) is 14.4 Å². The van der Waals surface area contributed by atoms with Gasteiger partial charge in [0.1, 0.15) is 6.04 Å².